The van der Waals surface area contributed by atoms with E-state index in [0.29, 0.717) is 16.7 Å². The van der Waals surface area contributed by atoms with E-state index in [1.54, 1.807) is 18.5 Å². The second-order valence-corrected chi connectivity index (χ2v) is 6.67. The number of carbonyl (C=O) groups excluding carboxylic acids is 1. The third-order valence-corrected chi connectivity index (χ3v) is 5.08. The zero-order chi connectivity index (χ0) is 16.4. The van der Waals surface area contributed by atoms with Gasteiger partial charge in [-0.2, -0.15) is 0 Å². The molecule has 0 aliphatic carbocycles. The molecule has 0 atom stereocenters. The summed E-state index contributed by atoms with van der Waals surface area (Å²) < 4.78 is 5.92. The molecule has 1 amide bonds. The zero-order valence-electron chi connectivity index (χ0n) is 13.1. The van der Waals surface area contributed by atoms with Crippen LogP contribution < -0.4 is 0 Å². The summed E-state index contributed by atoms with van der Waals surface area (Å²) in [6, 6.07) is 9.59. The number of thioether (sulfide) groups is 1. The Morgan fingerprint density at radius 3 is 2.67 bits per heavy atom. The van der Waals surface area contributed by atoms with Crippen LogP contribution in [0.15, 0.2) is 52.3 Å². The Kier molecular flexibility index (Phi) is 4.21. The molecule has 0 unspecified atom stereocenters. The number of fused-ring (bicyclic) bond motifs is 1. The van der Waals surface area contributed by atoms with Crippen LogP contribution in [-0.2, 0) is 5.75 Å². The molecule has 1 aliphatic heterocycles. The minimum atomic E-state index is -0.00622. The van der Waals surface area contributed by atoms with Gasteiger partial charge in [0.15, 0.2) is 10.9 Å². The number of carbonyl (C=O) groups is 1. The van der Waals surface area contributed by atoms with Crippen LogP contribution in [0.4, 0.5) is 0 Å². The lowest BCUT2D eigenvalue weighted by atomic mass is 10.1. The smallest absolute Gasteiger partial charge is 0.289 e. The Hall–Kier alpha value is -2.34. The van der Waals surface area contributed by atoms with Crippen molar-refractivity contribution in [3.8, 4) is 0 Å². The van der Waals surface area contributed by atoms with E-state index in [9.17, 15) is 4.79 Å². The van der Waals surface area contributed by atoms with Gasteiger partial charge < -0.3 is 9.32 Å². The molecule has 5 nitrogen and oxygen atoms in total. The van der Waals surface area contributed by atoms with Gasteiger partial charge in [0, 0.05) is 42.2 Å². The predicted molar refractivity (Wildman–Crippen MR) is 92.9 cm³/mol. The average molecular weight is 339 g/mol. The second kappa shape index (κ2) is 6.65. The molecule has 1 saturated heterocycles. The molecule has 24 heavy (non-hydrogen) atoms. The average Bonchev–Trinajstić information content (AvgIpc) is 3.28. The summed E-state index contributed by atoms with van der Waals surface area (Å²) in [7, 11) is 0. The fraction of sp³-hybridized carbons (Fsp3) is 0.278. The number of rotatable bonds is 4. The fourth-order valence-electron chi connectivity index (χ4n) is 2.98. The lowest BCUT2D eigenvalue weighted by molar-refractivity contribution is 0.0762. The van der Waals surface area contributed by atoms with E-state index >= 15 is 0 Å². The van der Waals surface area contributed by atoms with Crippen molar-refractivity contribution < 1.29 is 9.21 Å². The van der Waals surface area contributed by atoms with E-state index < -0.39 is 0 Å². The Morgan fingerprint density at radius 2 is 1.88 bits per heavy atom. The molecule has 3 aromatic rings. The van der Waals surface area contributed by atoms with Gasteiger partial charge in [-0.15, -0.1) is 0 Å². The maximum atomic E-state index is 12.8. The van der Waals surface area contributed by atoms with Gasteiger partial charge in [-0.1, -0.05) is 30.0 Å². The van der Waals surface area contributed by atoms with Crippen LogP contribution in [0.2, 0.25) is 0 Å². The number of nitrogens with zero attached hydrogens (tertiary/aromatic N) is 3. The number of hydrogen-bond acceptors (Lipinski definition) is 5. The second-order valence-electron chi connectivity index (χ2n) is 5.73. The van der Waals surface area contributed by atoms with Crippen LogP contribution in [0.3, 0.4) is 0 Å². The van der Waals surface area contributed by atoms with Crippen LogP contribution in [0.1, 0.15) is 29.0 Å². The Labute approximate surface area is 144 Å². The Bertz CT molecular complexity index is 857. The normalized spacial score (nSPS) is 14.4. The van der Waals surface area contributed by atoms with E-state index in [2.05, 4.69) is 9.97 Å². The molecule has 2 aromatic heterocycles. The van der Waals surface area contributed by atoms with E-state index in [1.165, 1.54) is 11.8 Å². The topological polar surface area (TPSA) is 59.2 Å². The first kappa shape index (κ1) is 15.2. The molecule has 0 saturated carbocycles. The molecular formula is C18H17N3O2S. The van der Waals surface area contributed by atoms with Crippen LogP contribution in [-0.4, -0.2) is 33.9 Å². The molecule has 1 aromatic carbocycles. The van der Waals surface area contributed by atoms with Gasteiger partial charge in [-0.25, -0.2) is 9.97 Å². The van der Waals surface area contributed by atoms with Gasteiger partial charge in [-0.05, 0) is 25.0 Å². The van der Waals surface area contributed by atoms with Crippen molar-refractivity contribution in [1.82, 2.24) is 14.9 Å². The van der Waals surface area contributed by atoms with Crippen molar-refractivity contribution >= 4 is 28.6 Å². The lowest BCUT2D eigenvalue weighted by Gasteiger charge is -2.14. The first-order valence-electron chi connectivity index (χ1n) is 8.02. The van der Waals surface area contributed by atoms with Crippen LogP contribution in [0.5, 0.6) is 0 Å². The number of amides is 1. The van der Waals surface area contributed by atoms with E-state index in [4.69, 9.17) is 4.42 Å². The first-order chi connectivity index (χ1) is 11.8. The highest BCUT2D eigenvalue weighted by atomic mass is 32.2. The van der Waals surface area contributed by atoms with Gasteiger partial charge in [-0.3, -0.25) is 4.79 Å². The summed E-state index contributed by atoms with van der Waals surface area (Å²) in [6.45, 7) is 1.62. The summed E-state index contributed by atoms with van der Waals surface area (Å²) in [6.07, 6.45) is 5.57. The van der Waals surface area contributed by atoms with Gasteiger partial charge in [0.05, 0.1) is 0 Å². The van der Waals surface area contributed by atoms with Crippen LogP contribution in [0.25, 0.3) is 11.0 Å². The number of hydrogen-bond donors (Lipinski definition) is 0. The van der Waals surface area contributed by atoms with E-state index in [0.717, 1.165) is 42.5 Å². The van der Waals surface area contributed by atoms with Crippen molar-refractivity contribution in [2.24, 2.45) is 0 Å². The summed E-state index contributed by atoms with van der Waals surface area (Å²) in [4.78, 5) is 23.2. The molecule has 3 heterocycles. The summed E-state index contributed by atoms with van der Waals surface area (Å²) >= 11 is 1.51. The SMILES string of the molecule is O=C(c1oc2ccccc2c1CSc1ncccn1)N1CCCC1. The number of benzene rings is 1. The van der Waals surface area contributed by atoms with Gasteiger partial charge in [0.2, 0.25) is 0 Å². The van der Waals surface area contributed by atoms with E-state index in [1.807, 2.05) is 29.2 Å². The van der Waals surface area contributed by atoms with Crippen molar-refractivity contribution in [2.75, 3.05) is 13.1 Å². The molecular weight excluding hydrogens is 322 g/mol. The fourth-order valence-corrected chi connectivity index (χ4v) is 3.81. The third kappa shape index (κ3) is 2.89. The summed E-state index contributed by atoms with van der Waals surface area (Å²) in [5, 5.41) is 1.69. The summed E-state index contributed by atoms with van der Waals surface area (Å²) in [5.74, 6) is 1.06. The van der Waals surface area contributed by atoms with Gasteiger partial charge >= 0.3 is 0 Å². The first-order valence-corrected chi connectivity index (χ1v) is 9.01. The van der Waals surface area contributed by atoms with Crippen LogP contribution >= 0.6 is 11.8 Å². The Balaban J connectivity index is 1.68. The maximum Gasteiger partial charge on any atom is 0.289 e. The zero-order valence-corrected chi connectivity index (χ0v) is 14.0. The largest absolute Gasteiger partial charge is 0.451 e. The van der Waals surface area contributed by atoms with Crippen molar-refractivity contribution in [2.45, 2.75) is 23.8 Å². The lowest BCUT2D eigenvalue weighted by Crippen LogP contribution is -2.27. The molecule has 1 aliphatic rings. The number of aromatic nitrogens is 2. The predicted octanol–water partition coefficient (Wildman–Crippen LogP) is 3.75. The highest BCUT2D eigenvalue weighted by Crippen LogP contribution is 2.32. The quantitative estimate of drug-likeness (QED) is 0.535. The number of likely N-dealkylation sites (tertiary alicyclic amines) is 1. The molecule has 6 heteroatoms. The molecule has 122 valence electrons. The van der Waals surface area contributed by atoms with Crippen molar-refractivity contribution in [1.29, 1.82) is 0 Å². The number of furan rings is 1. The van der Waals surface area contributed by atoms with E-state index in [-0.39, 0.29) is 5.91 Å². The third-order valence-electron chi connectivity index (χ3n) is 4.17. The number of para-hydroxylation sites is 1. The highest BCUT2D eigenvalue weighted by Gasteiger charge is 2.27. The molecule has 1 fully saturated rings. The van der Waals surface area contributed by atoms with Crippen LogP contribution in [0, 0.1) is 0 Å². The highest BCUT2D eigenvalue weighted by molar-refractivity contribution is 7.98. The Morgan fingerprint density at radius 1 is 1.12 bits per heavy atom. The van der Waals surface area contributed by atoms with Crippen molar-refractivity contribution in [3.05, 3.63) is 54.0 Å². The summed E-state index contributed by atoms with van der Waals surface area (Å²) in [5.41, 5.74) is 1.68. The minimum Gasteiger partial charge on any atom is -0.451 e. The molecule has 4 rings (SSSR count). The molecule has 0 N–H and O–H groups in total. The standard InChI is InChI=1S/C18H17N3O2S/c22-17(21-10-3-4-11-21)16-14(12-24-18-19-8-5-9-20-18)13-6-1-2-7-15(13)23-16/h1-2,5-9H,3-4,10-12H2. The van der Waals surface area contributed by atoms with Crippen molar-refractivity contribution in [3.63, 3.8) is 0 Å². The molecule has 0 radical (unpaired) electrons. The maximum absolute atomic E-state index is 12.8. The van der Waals surface area contributed by atoms with Gasteiger partial charge in [0.25, 0.3) is 5.91 Å². The van der Waals surface area contributed by atoms with Gasteiger partial charge in [0.1, 0.15) is 5.58 Å². The molecule has 0 spiro atoms. The minimum absolute atomic E-state index is 0.00622. The molecule has 0 bridgehead atoms. The monoisotopic (exact) mass is 339 g/mol.